The molecule has 0 aromatic heterocycles. The summed E-state index contributed by atoms with van der Waals surface area (Å²) in [4.78, 5) is 2.10. The lowest BCUT2D eigenvalue weighted by molar-refractivity contribution is 0.122. The van der Waals surface area contributed by atoms with E-state index in [9.17, 15) is 0 Å². The second kappa shape index (κ2) is 8.45. The SMILES string of the molecule is CN(C)c1ccc(COCCNCc2ccccc2)cc1. The first-order chi connectivity index (χ1) is 10.3. The Labute approximate surface area is 127 Å². The summed E-state index contributed by atoms with van der Waals surface area (Å²) in [5, 5.41) is 3.38. The molecule has 1 N–H and O–H groups in total. The molecule has 3 heteroatoms. The Morgan fingerprint density at radius 3 is 2.29 bits per heavy atom. The smallest absolute Gasteiger partial charge is 0.0717 e. The van der Waals surface area contributed by atoms with E-state index in [-0.39, 0.29) is 0 Å². The highest BCUT2D eigenvalue weighted by Crippen LogP contribution is 2.12. The molecule has 0 fully saturated rings. The maximum absolute atomic E-state index is 5.68. The van der Waals surface area contributed by atoms with Gasteiger partial charge in [0.1, 0.15) is 0 Å². The lowest BCUT2D eigenvalue weighted by atomic mass is 10.2. The van der Waals surface area contributed by atoms with E-state index in [2.05, 4.69) is 58.7 Å². The molecule has 2 aromatic rings. The van der Waals surface area contributed by atoms with Crippen molar-refractivity contribution in [3.8, 4) is 0 Å². The van der Waals surface area contributed by atoms with Gasteiger partial charge < -0.3 is 15.0 Å². The Morgan fingerprint density at radius 1 is 0.905 bits per heavy atom. The molecular formula is C18H24N2O. The Morgan fingerprint density at radius 2 is 1.62 bits per heavy atom. The fourth-order valence-corrected chi connectivity index (χ4v) is 2.05. The van der Waals surface area contributed by atoms with Crippen LogP contribution in [-0.2, 0) is 17.9 Å². The highest BCUT2D eigenvalue weighted by molar-refractivity contribution is 5.45. The zero-order valence-electron chi connectivity index (χ0n) is 12.9. The number of benzene rings is 2. The molecular weight excluding hydrogens is 260 g/mol. The van der Waals surface area contributed by atoms with E-state index < -0.39 is 0 Å². The summed E-state index contributed by atoms with van der Waals surface area (Å²) in [7, 11) is 4.09. The molecule has 2 aromatic carbocycles. The average molecular weight is 284 g/mol. The number of anilines is 1. The van der Waals surface area contributed by atoms with Gasteiger partial charge in [-0.3, -0.25) is 0 Å². The minimum absolute atomic E-state index is 0.667. The average Bonchev–Trinajstić information content (AvgIpc) is 2.52. The van der Waals surface area contributed by atoms with Crippen LogP contribution in [0.1, 0.15) is 11.1 Å². The maximum atomic E-state index is 5.68. The van der Waals surface area contributed by atoms with Crippen LogP contribution in [-0.4, -0.2) is 27.2 Å². The van der Waals surface area contributed by atoms with Crippen LogP contribution < -0.4 is 10.2 Å². The number of ether oxygens (including phenoxy) is 1. The van der Waals surface area contributed by atoms with Crippen molar-refractivity contribution in [3.05, 3.63) is 65.7 Å². The molecule has 21 heavy (non-hydrogen) atoms. The Kier molecular flexibility index (Phi) is 6.25. The number of hydrogen-bond donors (Lipinski definition) is 1. The van der Waals surface area contributed by atoms with Gasteiger partial charge in [0.25, 0.3) is 0 Å². The third-order valence-electron chi connectivity index (χ3n) is 3.32. The molecule has 0 atom stereocenters. The Hall–Kier alpha value is -1.84. The number of rotatable bonds is 8. The topological polar surface area (TPSA) is 24.5 Å². The fourth-order valence-electron chi connectivity index (χ4n) is 2.05. The maximum Gasteiger partial charge on any atom is 0.0717 e. The van der Waals surface area contributed by atoms with E-state index in [1.807, 2.05) is 20.2 Å². The van der Waals surface area contributed by atoms with Crippen LogP contribution >= 0.6 is 0 Å². The van der Waals surface area contributed by atoms with Gasteiger partial charge in [-0.2, -0.15) is 0 Å². The molecule has 112 valence electrons. The van der Waals surface area contributed by atoms with Crippen molar-refractivity contribution in [2.45, 2.75) is 13.2 Å². The largest absolute Gasteiger partial charge is 0.378 e. The first kappa shape index (κ1) is 15.5. The van der Waals surface area contributed by atoms with Crippen LogP contribution in [0.4, 0.5) is 5.69 Å². The van der Waals surface area contributed by atoms with Gasteiger partial charge in [0.2, 0.25) is 0 Å². The molecule has 0 aliphatic rings. The van der Waals surface area contributed by atoms with E-state index in [0.717, 1.165) is 19.7 Å². The van der Waals surface area contributed by atoms with Gasteiger partial charge in [-0.05, 0) is 23.3 Å². The number of nitrogens with one attached hydrogen (secondary N) is 1. The van der Waals surface area contributed by atoms with Gasteiger partial charge in [-0.25, -0.2) is 0 Å². The van der Waals surface area contributed by atoms with Gasteiger partial charge in [0.05, 0.1) is 13.2 Å². The molecule has 0 unspecified atom stereocenters. The normalized spacial score (nSPS) is 10.6. The van der Waals surface area contributed by atoms with Crippen molar-refractivity contribution in [2.75, 3.05) is 32.1 Å². The molecule has 0 amide bonds. The second-order valence-electron chi connectivity index (χ2n) is 5.28. The van der Waals surface area contributed by atoms with Crippen LogP contribution in [0.5, 0.6) is 0 Å². The third kappa shape index (κ3) is 5.58. The van der Waals surface area contributed by atoms with Gasteiger partial charge >= 0.3 is 0 Å². The third-order valence-corrected chi connectivity index (χ3v) is 3.32. The zero-order valence-corrected chi connectivity index (χ0v) is 12.9. The van der Waals surface area contributed by atoms with E-state index in [1.54, 1.807) is 0 Å². The first-order valence-electron chi connectivity index (χ1n) is 7.34. The summed E-state index contributed by atoms with van der Waals surface area (Å²) in [5.41, 5.74) is 3.73. The van der Waals surface area contributed by atoms with E-state index >= 15 is 0 Å². The molecule has 0 bridgehead atoms. The quantitative estimate of drug-likeness (QED) is 0.754. The second-order valence-corrected chi connectivity index (χ2v) is 5.28. The van der Waals surface area contributed by atoms with Crippen molar-refractivity contribution in [3.63, 3.8) is 0 Å². The Balaban J connectivity index is 1.59. The van der Waals surface area contributed by atoms with E-state index in [0.29, 0.717) is 6.61 Å². The Bertz CT molecular complexity index is 509. The van der Waals surface area contributed by atoms with Gasteiger partial charge in [-0.1, -0.05) is 42.5 Å². The summed E-state index contributed by atoms with van der Waals surface area (Å²) in [5.74, 6) is 0. The van der Waals surface area contributed by atoms with Gasteiger partial charge in [0.15, 0.2) is 0 Å². The summed E-state index contributed by atoms with van der Waals surface area (Å²) in [6.45, 7) is 3.15. The van der Waals surface area contributed by atoms with Crippen molar-refractivity contribution < 1.29 is 4.74 Å². The summed E-state index contributed by atoms with van der Waals surface area (Å²) < 4.78 is 5.68. The van der Waals surface area contributed by atoms with Crippen molar-refractivity contribution in [1.82, 2.24) is 5.32 Å². The van der Waals surface area contributed by atoms with Crippen LogP contribution in [0, 0.1) is 0 Å². The molecule has 0 heterocycles. The summed E-state index contributed by atoms with van der Waals surface area (Å²) in [6, 6.07) is 18.9. The van der Waals surface area contributed by atoms with E-state index in [4.69, 9.17) is 4.74 Å². The van der Waals surface area contributed by atoms with Crippen molar-refractivity contribution in [1.29, 1.82) is 0 Å². The standard InChI is InChI=1S/C18H24N2O/c1-20(2)18-10-8-17(9-11-18)15-21-13-12-19-14-16-6-4-3-5-7-16/h3-11,19H,12-15H2,1-2H3. The lowest BCUT2D eigenvalue weighted by Gasteiger charge is -2.12. The summed E-state index contributed by atoms with van der Waals surface area (Å²) >= 11 is 0. The molecule has 0 saturated carbocycles. The molecule has 0 spiro atoms. The van der Waals surface area contributed by atoms with Crippen LogP contribution in [0.3, 0.4) is 0 Å². The van der Waals surface area contributed by atoms with E-state index in [1.165, 1.54) is 16.8 Å². The molecule has 0 radical (unpaired) electrons. The summed E-state index contributed by atoms with van der Waals surface area (Å²) in [6.07, 6.45) is 0. The predicted octanol–water partition coefficient (Wildman–Crippen LogP) is 3.06. The monoisotopic (exact) mass is 284 g/mol. The van der Waals surface area contributed by atoms with Crippen LogP contribution in [0.2, 0.25) is 0 Å². The van der Waals surface area contributed by atoms with Crippen molar-refractivity contribution >= 4 is 5.69 Å². The zero-order chi connectivity index (χ0) is 14.9. The van der Waals surface area contributed by atoms with Crippen LogP contribution in [0.25, 0.3) is 0 Å². The predicted molar refractivity (Wildman–Crippen MR) is 88.6 cm³/mol. The number of hydrogen-bond acceptors (Lipinski definition) is 3. The molecule has 2 rings (SSSR count). The fraction of sp³-hybridized carbons (Fsp3) is 0.333. The lowest BCUT2D eigenvalue weighted by Crippen LogP contribution is -2.19. The minimum Gasteiger partial charge on any atom is -0.378 e. The first-order valence-corrected chi connectivity index (χ1v) is 7.34. The highest BCUT2D eigenvalue weighted by atomic mass is 16.5. The molecule has 3 nitrogen and oxygen atoms in total. The van der Waals surface area contributed by atoms with Gasteiger partial charge in [-0.15, -0.1) is 0 Å². The van der Waals surface area contributed by atoms with Crippen LogP contribution in [0.15, 0.2) is 54.6 Å². The van der Waals surface area contributed by atoms with Crippen molar-refractivity contribution in [2.24, 2.45) is 0 Å². The highest BCUT2D eigenvalue weighted by Gasteiger charge is 1.97. The minimum atomic E-state index is 0.667. The van der Waals surface area contributed by atoms with Gasteiger partial charge in [0, 0.05) is 32.9 Å². The molecule has 0 aliphatic carbocycles. The molecule has 0 aliphatic heterocycles. The molecule has 0 saturated heterocycles. The number of nitrogens with zero attached hydrogens (tertiary/aromatic N) is 1.